The van der Waals surface area contributed by atoms with Gasteiger partial charge in [0.1, 0.15) is 0 Å². The zero-order valence-electron chi connectivity index (χ0n) is 12.6. The Hall–Kier alpha value is -1.58. The van der Waals surface area contributed by atoms with E-state index in [1.807, 2.05) is 42.5 Å². The van der Waals surface area contributed by atoms with Gasteiger partial charge in [-0.05, 0) is 11.1 Å². The summed E-state index contributed by atoms with van der Waals surface area (Å²) in [6.07, 6.45) is 1.27. The molecule has 0 N–H and O–H groups in total. The van der Waals surface area contributed by atoms with Crippen molar-refractivity contribution in [3.8, 4) is 0 Å². The molecule has 3 aromatic rings. The van der Waals surface area contributed by atoms with Gasteiger partial charge in [0.05, 0.1) is 12.2 Å². The van der Waals surface area contributed by atoms with E-state index in [-0.39, 0.29) is 36.4 Å². The first-order valence-corrected chi connectivity index (χ1v) is 7.69. The van der Waals surface area contributed by atoms with Crippen LogP contribution in [0.5, 0.6) is 0 Å². The molecule has 122 valence electrons. The van der Waals surface area contributed by atoms with Crippen LogP contribution in [0.4, 0.5) is 0 Å². The predicted octanol–water partition coefficient (Wildman–Crippen LogP) is 3.22. The Bertz CT molecular complexity index is 692. The van der Waals surface area contributed by atoms with Gasteiger partial charge in [0, 0.05) is 23.5 Å². The van der Waals surface area contributed by atoms with E-state index in [2.05, 4.69) is 36.4 Å². The summed E-state index contributed by atoms with van der Waals surface area (Å²) in [4.78, 5) is 0. The van der Waals surface area contributed by atoms with Gasteiger partial charge in [-0.25, -0.2) is 12.1 Å². The molecule has 2 atom stereocenters. The molecule has 0 aromatic heterocycles. The third kappa shape index (κ3) is 3.36. The zero-order chi connectivity index (χ0) is 14.8. The SMILES string of the molecule is [Fe].[cH-]1[cH-][cH-][cH-][cH-]1.c1ccc2c(c1)C[C@H]1OB([c-]3cccc3)O[C@@H]21. The fraction of sp³-hybridized carbons (Fsp3) is 0.158. The molecule has 0 radical (unpaired) electrons. The standard InChI is InChI=1S/C14H12BO2.C5H5.Fe/c1-4-8-12-10(5-1)9-13-14(12)17-15(16-13)11-6-2-3-7-11;1-2-4-5-3-1;/h1-8,13-14H,9H2;1-5H;/q-1;-5;/t13-,14+;;/m1../s1. The van der Waals surface area contributed by atoms with Gasteiger partial charge in [0.15, 0.2) is 0 Å². The van der Waals surface area contributed by atoms with Gasteiger partial charge in [-0.2, -0.15) is 12.1 Å². The molecule has 2 nitrogen and oxygen atoms in total. The van der Waals surface area contributed by atoms with Crippen LogP contribution in [0.15, 0.2) is 78.9 Å². The third-order valence-electron chi connectivity index (χ3n) is 4.21. The van der Waals surface area contributed by atoms with Crippen molar-refractivity contribution in [3.05, 3.63) is 90.0 Å². The monoisotopic (exact) mass is 344 g/mol. The second-order valence-corrected chi connectivity index (χ2v) is 5.65. The van der Waals surface area contributed by atoms with Gasteiger partial charge >= 0.3 is 7.12 Å². The maximum atomic E-state index is 6.03. The van der Waals surface area contributed by atoms with Gasteiger partial charge in [-0.3, -0.25) is 0 Å². The Morgan fingerprint density at radius 3 is 2.26 bits per heavy atom. The minimum Gasteiger partial charge on any atom is -0.748 e. The van der Waals surface area contributed by atoms with E-state index >= 15 is 0 Å². The summed E-state index contributed by atoms with van der Waals surface area (Å²) in [5.41, 5.74) is 3.78. The first-order chi connectivity index (χ1) is 10.9. The van der Waals surface area contributed by atoms with Crippen molar-refractivity contribution >= 4 is 12.6 Å². The summed E-state index contributed by atoms with van der Waals surface area (Å²) < 4.78 is 12.0. The molecular formula is C19H17BFeO2-6. The van der Waals surface area contributed by atoms with Crippen LogP contribution in [0.25, 0.3) is 0 Å². The quantitative estimate of drug-likeness (QED) is 0.499. The second-order valence-electron chi connectivity index (χ2n) is 5.65. The van der Waals surface area contributed by atoms with Crippen molar-refractivity contribution < 1.29 is 26.4 Å². The van der Waals surface area contributed by atoms with Crippen LogP contribution in [-0.2, 0) is 32.8 Å². The molecule has 3 aromatic carbocycles. The molecule has 1 aliphatic carbocycles. The molecule has 4 heteroatoms. The average Bonchev–Trinajstić information content (AvgIpc) is 3.30. The van der Waals surface area contributed by atoms with Crippen LogP contribution >= 0.6 is 0 Å². The molecule has 5 rings (SSSR count). The molecule has 1 fully saturated rings. The first-order valence-electron chi connectivity index (χ1n) is 7.69. The zero-order valence-corrected chi connectivity index (χ0v) is 13.7. The minimum atomic E-state index is -0.187. The van der Waals surface area contributed by atoms with Crippen LogP contribution in [0.1, 0.15) is 17.2 Å². The topological polar surface area (TPSA) is 18.5 Å². The Labute approximate surface area is 147 Å². The van der Waals surface area contributed by atoms with Crippen molar-refractivity contribution in [2.24, 2.45) is 0 Å². The van der Waals surface area contributed by atoms with E-state index in [1.54, 1.807) is 0 Å². The van der Waals surface area contributed by atoms with Crippen LogP contribution in [0.2, 0.25) is 0 Å². The Morgan fingerprint density at radius 2 is 1.57 bits per heavy atom. The number of hydrogen-bond acceptors (Lipinski definition) is 2. The van der Waals surface area contributed by atoms with Gasteiger partial charge in [0.2, 0.25) is 0 Å². The normalized spacial score (nSPS) is 21.0. The summed E-state index contributed by atoms with van der Waals surface area (Å²) >= 11 is 0. The number of benzene rings is 1. The first kappa shape index (κ1) is 16.3. The van der Waals surface area contributed by atoms with E-state index in [4.69, 9.17) is 9.31 Å². The molecule has 0 amide bonds. The minimum absolute atomic E-state index is 0. The molecule has 0 unspecified atom stereocenters. The maximum Gasteiger partial charge on any atom is 0.418 e. The van der Waals surface area contributed by atoms with Gasteiger partial charge in [-0.15, -0.1) is 5.46 Å². The molecular weight excluding hydrogens is 327 g/mol. The summed E-state index contributed by atoms with van der Waals surface area (Å²) in [7, 11) is -0.187. The number of fused-ring (bicyclic) bond motifs is 3. The van der Waals surface area contributed by atoms with Crippen LogP contribution in [0.3, 0.4) is 0 Å². The van der Waals surface area contributed by atoms with Crippen molar-refractivity contribution in [2.75, 3.05) is 0 Å². The van der Waals surface area contributed by atoms with E-state index in [0.29, 0.717) is 0 Å². The van der Waals surface area contributed by atoms with E-state index in [1.165, 1.54) is 11.1 Å². The fourth-order valence-corrected chi connectivity index (χ4v) is 3.15. The van der Waals surface area contributed by atoms with E-state index < -0.39 is 0 Å². The summed E-state index contributed by atoms with van der Waals surface area (Å²) in [6.45, 7) is 0. The molecule has 0 bridgehead atoms. The number of hydrogen-bond donors (Lipinski definition) is 0. The summed E-state index contributed by atoms with van der Waals surface area (Å²) in [5, 5.41) is 0. The Morgan fingerprint density at radius 1 is 0.913 bits per heavy atom. The average molecular weight is 344 g/mol. The fourth-order valence-electron chi connectivity index (χ4n) is 3.15. The van der Waals surface area contributed by atoms with Gasteiger partial charge in [-0.1, -0.05) is 24.3 Å². The Balaban J connectivity index is 0.000000226. The van der Waals surface area contributed by atoms with Gasteiger partial charge in [0.25, 0.3) is 0 Å². The molecule has 0 spiro atoms. The van der Waals surface area contributed by atoms with Crippen molar-refractivity contribution in [1.82, 2.24) is 0 Å². The van der Waals surface area contributed by atoms with Crippen LogP contribution < -0.4 is 5.46 Å². The van der Waals surface area contributed by atoms with Gasteiger partial charge < -0.3 is 39.6 Å². The molecule has 23 heavy (non-hydrogen) atoms. The second kappa shape index (κ2) is 7.33. The summed E-state index contributed by atoms with van der Waals surface area (Å²) in [5.74, 6) is 0. The molecule has 2 aliphatic rings. The predicted molar refractivity (Wildman–Crippen MR) is 88.3 cm³/mol. The molecule has 1 heterocycles. The molecule has 1 aliphatic heterocycles. The maximum absolute atomic E-state index is 6.03. The molecule has 0 saturated carbocycles. The number of rotatable bonds is 1. The van der Waals surface area contributed by atoms with Crippen LogP contribution in [-0.4, -0.2) is 13.2 Å². The smallest absolute Gasteiger partial charge is 0.418 e. The third-order valence-corrected chi connectivity index (χ3v) is 4.21. The van der Waals surface area contributed by atoms with E-state index in [9.17, 15) is 0 Å². The van der Waals surface area contributed by atoms with Crippen molar-refractivity contribution in [3.63, 3.8) is 0 Å². The molecule has 1 saturated heterocycles. The Kier molecular flexibility index (Phi) is 5.19. The summed E-state index contributed by atoms with van der Waals surface area (Å²) in [6, 6.07) is 26.6. The largest absolute Gasteiger partial charge is 0.748 e. The van der Waals surface area contributed by atoms with Crippen molar-refractivity contribution in [2.45, 2.75) is 18.6 Å². The van der Waals surface area contributed by atoms with Crippen LogP contribution in [0, 0.1) is 0 Å². The van der Waals surface area contributed by atoms with Crippen molar-refractivity contribution in [1.29, 1.82) is 0 Å². The van der Waals surface area contributed by atoms with E-state index in [0.717, 1.165) is 11.9 Å².